The molecule has 0 aromatic heterocycles. The van der Waals surface area contributed by atoms with Gasteiger partial charge in [0, 0.05) is 5.41 Å². The van der Waals surface area contributed by atoms with Crippen molar-refractivity contribution in [1.29, 1.82) is 0 Å². The molecular formula is C27H37F. The average Bonchev–Trinajstić information content (AvgIpc) is 2.68. The van der Waals surface area contributed by atoms with Crippen LogP contribution in [0.25, 0.3) is 0 Å². The van der Waals surface area contributed by atoms with Crippen molar-refractivity contribution in [2.24, 2.45) is 17.8 Å². The number of halogens is 1. The normalized spacial score (nSPS) is 21.1. The van der Waals surface area contributed by atoms with Gasteiger partial charge >= 0.3 is 0 Å². The molecule has 1 saturated carbocycles. The highest BCUT2D eigenvalue weighted by atomic mass is 19.1. The molecule has 0 atom stereocenters. The van der Waals surface area contributed by atoms with Gasteiger partial charge in [-0.25, -0.2) is 4.39 Å². The summed E-state index contributed by atoms with van der Waals surface area (Å²) >= 11 is 0. The summed E-state index contributed by atoms with van der Waals surface area (Å²) in [6, 6.07) is 16.1. The number of benzene rings is 2. The van der Waals surface area contributed by atoms with Crippen LogP contribution in [0.4, 0.5) is 4.39 Å². The first kappa shape index (κ1) is 21.1. The largest absolute Gasteiger partial charge is 0.207 e. The van der Waals surface area contributed by atoms with Crippen molar-refractivity contribution in [2.75, 3.05) is 0 Å². The Morgan fingerprint density at radius 2 is 1.32 bits per heavy atom. The lowest BCUT2D eigenvalue weighted by atomic mass is 9.64. The SMILES string of the molecule is CC(C)C1CCC(C(C)(C)c2ccc(C(C)(C)c3ccccc3F)cc2)CC1. The lowest BCUT2D eigenvalue weighted by Gasteiger charge is -2.41. The third-order valence-electron chi connectivity index (χ3n) is 7.63. The highest BCUT2D eigenvalue weighted by molar-refractivity contribution is 5.40. The standard InChI is InChI=1S/C27H37F/c1-19(2)20-11-13-21(14-12-20)26(3,4)22-15-17-23(18-16-22)27(5,6)24-9-7-8-10-25(24)28/h7-10,15-21H,11-14H2,1-6H3. The molecule has 0 aliphatic heterocycles. The third-order valence-corrected chi connectivity index (χ3v) is 7.63. The van der Waals surface area contributed by atoms with Gasteiger partial charge in [0.25, 0.3) is 0 Å². The Bertz CT molecular complexity index is 774. The van der Waals surface area contributed by atoms with Gasteiger partial charge in [-0.15, -0.1) is 0 Å². The van der Waals surface area contributed by atoms with Crippen LogP contribution in [-0.4, -0.2) is 0 Å². The van der Waals surface area contributed by atoms with Gasteiger partial charge in [-0.2, -0.15) is 0 Å². The van der Waals surface area contributed by atoms with Crippen LogP contribution in [0.2, 0.25) is 0 Å². The zero-order valence-corrected chi connectivity index (χ0v) is 18.6. The van der Waals surface area contributed by atoms with E-state index in [-0.39, 0.29) is 16.6 Å². The Balaban J connectivity index is 1.79. The topological polar surface area (TPSA) is 0 Å². The fourth-order valence-corrected chi connectivity index (χ4v) is 5.18. The molecule has 1 aliphatic carbocycles. The second-order valence-electron chi connectivity index (χ2n) is 10.3. The molecule has 2 aromatic rings. The molecule has 1 fully saturated rings. The molecule has 1 heteroatoms. The van der Waals surface area contributed by atoms with E-state index in [1.807, 2.05) is 12.1 Å². The maximum absolute atomic E-state index is 14.4. The van der Waals surface area contributed by atoms with Crippen molar-refractivity contribution >= 4 is 0 Å². The predicted octanol–water partition coefficient (Wildman–Crippen LogP) is 7.89. The molecule has 0 spiro atoms. The highest BCUT2D eigenvalue weighted by Gasteiger charge is 2.35. The smallest absolute Gasteiger partial charge is 0.127 e. The molecular weight excluding hydrogens is 343 g/mol. The second kappa shape index (κ2) is 8.01. The van der Waals surface area contributed by atoms with Crippen molar-refractivity contribution < 1.29 is 4.39 Å². The molecule has 0 N–H and O–H groups in total. The fraction of sp³-hybridized carbons (Fsp3) is 0.556. The van der Waals surface area contributed by atoms with Gasteiger partial charge in [-0.3, -0.25) is 0 Å². The molecule has 0 heterocycles. The molecule has 0 radical (unpaired) electrons. The number of rotatable bonds is 5. The Hall–Kier alpha value is -1.63. The molecule has 2 aromatic carbocycles. The fourth-order valence-electron chi connectivity index (χ4n) is 5.18. The summed E-state index contributed by atoms with van der Waals surface area (Å²) in [5.41, 5.74) is 3.18. The van der Waals surface area contributed by atoms with Crippen LogP contribution in [-0.2, 0) is 10.8 Å². The zero-order valence-electron chi connectivity index (χ0n) is 18.6. The maximum Gasteiger partial charge on any atom is 0.127 e. The monoisotopic (exact) mass is 380 g/mol. The summed E-state index contributed by atoms with van der Waals surface area (Å²) in [4.78, 5) is 0. The first-order chi connectivity index (χ1) is 13.1. The maximum atomic E-state index is 14.4. The summed E-state index contributed by atoms with van der Waals surface area (Å²) in [6.45, 7) is 13.8. The van der Waals surface area contributed by atoms with E-state index in [1.165, 1.54) is 36.8 Å². The van der Waals surface area contributed by atoms with E-state index in [0.717, 1.165) is 23.3 Å². The van der Waals surface area contributed by atoms with E-state index in [1.54, 1.807) is 12.1 Å². The quantitative estimate of drug-likeness (QED) is 0.494. The van der Waals surface area contributed by atoms with E-state index >= 15 is 0 Å². The minimum absolute atomic E-state index is 0.126. The van der Waals surface area contributed by atoms with Gasteiger partial charge in [0.05, 0.1) is 0 Å². The van der Waals surface area contributed by atoms with Crippen LogP contribution < -0.4 is 0 Å². The van der Waals surface area contributed by atoms with Crippen molar-refractivity contribution in [3.63, 3.8) is 0 Å². The van der Waals surface area contributed by atoms with Crippen LogP contribution >= 0.6 is 0 Å². The molecule has 28 heavy (non-hydrogen) atoms. The molecule has 0 bridgehead atoms. The van der Waals surface area contributed by atoms with Crippen LogP contribution in [0.5, 0.6) is 0 Å². The Labute approximate surface area is 171 Å². The summed E-state index contributed by atoms with van der Waals surface area (Å²) in [5.74, 6) is 2.33. The number of hydrogen-bond acceptors (Lipinski definition) is 0. The minimum atomic E-state index is -0.344. The van der Waals surface area contributed by atoms with Crippen LogP contribution in [0, 0.1) is 23.6 Å². The van der Waals surface area contributed by atoms with Crippen molar-refractivity contribution in [3.05, 3.63) is 71.0 Å². The third kappa shape index (κ3) is 4.04. The summed E-state index contributed by atoms with van der Waals surface area (Å²) in [7, 11) is 0. The Morgan fingerprint density at radius 1 is 0.786 bits per heavy atom. The molecule has 0 amide bonds. The van der Waals surface area contributed by atoms with Crippen molar-refractivity contribution in [3.8, 4) is 0 Å². The van der Waals surface area contributed by atoms with Crippen molar-refractivity contribution in [2.45, 2.75) is 78.1 Å². The molecule has 0 saturated heterocycles. The van der Waals surface area contributed by atoms with Gasteiger partial charge in [0.15, 0.2) is 0 Å². The lowest BCUT2D eigenvalue weighted by Crippen LogP contribution is -2.33. The van der Waals surface area contributed by atoms with Crippen LogP contribution in [0.3, 0.4) is 0 Å². The van der Waals surface area contributed by atoms with Gasteiger partial charge in [0.1, 0.15) is 5.82 Å². The summed E-state index contributed by atoms with van der Waals surface area (Å²) in [6.07, 6.45) is 5.39. The molecule has 0 nitrogen and oxygen atoms in total. The Kier molecular flexibility index (Phi) is 6.03. The average molecular weight is 381 g/mol. The molecule has 3 rings (SSSR count). The van der Waals surface area contributed by atoms with Crippen LogP contribution in [0.1, 0.15) is 83.9 Å². The second-order valence-corrected chi connectivity index (χ2v) is 10.3. The Morgan fingerprint density at radius 3 is 1.86 bits per heavy atom. The van der Waals surface area contributed by atoms with Crippen molar-refractivity contribution in [1.82, 2.24) is 0 Å². The van der Waals surface area contributed by atoms with Gasteiger partial charge in [0.2, 0.25) is 0 Å². The summed E-state index contributed by atoms with van der Waals surface area (Å²) < 4.78 is 14.4. The van der Waals surface area contributed by atoms with E-state index in [9.17, 15) is 4.39 Å². The van der Waals surface area contributed by atoms with Crippen LogP contribution in [0.15, 0.2) is 48.5 Å². The lowest BCUT2D eigenvalue weighted by molar-refractivity contribution is 0.167. The van der Waals surface area contributed by atoms with Gasteiger partial charge in [-0.05, 0) is 71.6 Å². The van der Waals surface area contributed by atoms with E-state index < -0.39 is 0 Å². The van der Waals surface area contributed by atoms with E-state index in [4.69, 9.17) is 0 Å². The predicted molar refractivity (Wildman–Crippen MR) is 118 cm³/mol. The van der Waals surface area contributed by atoms with Gasteiger partial charge < -0.3 is 0 Å². The zero-order chi connectivity index (χ0) is 20.5. The summed E-state index contributed by atoms with van der Waals surface area (Å²) in [5, 5.41) is 0. The van der Waals surface area contributed by atoms with E-state index in [0.29, 0.717) is 0 Å². The van der Waals surface area contributed by atoms with Gasteiger partial charge in [-0.1, -0.05) is 84.0 Å². The van der Waals surface area contributed by atoms with E-state index in [2.05, 4.69) is 65.8 Å². The minimum Gasteiger partial charge on any atom is -0.207 e. The molecule has 0 unspecified atom stereocenters. The highest BCUT2D eigenvalue weighted by Crippen LogP contribution is 2.44. The first-order valence-electron chi connectivity index (χ1n) is 11.0. The molecule has 152 valence electrons. The molecule has 1 aliphatic rings. The first-order valence-corrected chi connectivity index (χ1v) is 11.0. The number of hydrogen-bond donors (Lipinski definition) is 0.